The van der Waals surface area contributed by atoms with Crippen LogP contribution >= 0.6 is 0 Å². The van der Waals surface area contributed by atoms with Crippen molar-refractivity contribution in [2.24, 2.45) is 5.92 Å². The quantitative estimate of drug-likeness (QED) is 0.678. The topological polar surface area (TPSA) is 50.4 Å². The van der Waals surface area contributed by atoms with Crippen LogP contribution in [0.15, 0.2) is 0 Å². The average molecular weight is 200 g/mol. The molecule has 1 heterocycles. The Balaban J connectivity index is 2.38. The standard InChI is InChI=1S/C10H20N2O2/c1-10(2,7-14-3)12-9(13)8-4-5-11-6-8/h8,11H,4-7H2,1-3H3,(H,12,13). The van der Waals surface area contributed by atoms with Gasteiger partial charge in [0.25, 0.3) is 0 Å². The van der Waals surface area contributed by atoms with Gasteiger partial charge in [-0.15, -0.1) is 0 Å². The molecule has 0 saturated carbocycles. The Hall–Kier alpha value is -0.610. The maximum atomic E-state index is 11.7. The molecule has 0 aromatic rings. The number of hydrogen-bond donors (Lipinski definition) is 2. The van der Waals surface area contributed by atoms with Gasteiger partial charge in [-0.1, -0.05) is 0 Å². The van der Waals surface area contributed by atoms with Gasteiger partial charge in [0.05, 0.1) is 18.1 Å². The van der Waals surface area contributed by atoms with E-state index in [2.05, 4.69) is 10.6 Å². The first-order valence-corrected chi connectivity index (χ1v) is 5.07. The molecule has 0 aromatic heterocycles. The van der Waals surface area contributed by atoms with E-state index in [0.717, 1.165) is 19.5 Å². The number of carbonyl (C=O) groups excluding carboxylic acids is 1. The van der Waals surface area contributed by atoms with Crippen LogP contribution in [0.4, 0.5) is 0 Å². The summed E-state index contributed by atoms with van der Waals surface area (Å²) in [6.07, 6.45) is 0.939. The first-order valence-electron chi connectivity index (χ1n) is 5.07. The predicted octanol–water partition coefficient (Wildman–Crippen LogP) is 0.137. The molecule has 4 heteroatoms. The van der Waals surface area contributed by atoms with Gasteiger partial charge in [-0.3, -0.25) is 4.79 Å². The Bertz CT molecular complexity index is 198. The van der Waals surface area contributed by atoms with Crippen LogP contribution in [0.3, 0.4) is 0 Å². The molecule has 1 fully saturated rings. The van der Waals surface area contributed by atoms with Gasteiger partial charge in [-0.2, -0.15) is 0 Å². The molecule has 2 N–H and O–H groups in total. The fourth-order valence-corrected chi connectivity index (χ4v) is 1.71. The summed E-state index contributed by atoms with van der Waals surface area (Å²) in [5, 5.41) is 6.17. The number of amides is 1. The molecule has 82 valence electrons. The van der Waals surface area contributed by atoms with E-state index in [9.17, 15) is 4.79 Å². The van der Waals surface area contributed by atoms with Crippen molar-refractivity contribution < 1.29 is 9.53 Å². The smallest absolute Gasteiger partial charge is 0.224 e. The van der Waals surface area contributed by atoms with Crippen molar-refractivity contribution in [2.45, 2.75) is 25.8 Å². The number of methoxy groups -OCH3 is 1. The van der Waals surface area contributed by atoms with Gasteiger partial charge in [-0.05, 0) is 26.8 Å². The number of hydrogen-bond acceptors (Lipinski definition) is 3. The van der Waals surface area contributed by atoms with Gasteiger partial charge in [0, 0.05) is 13.7 Å². The van der Waals surface area contributed by atoms with Crippen LogP contribution in [0, 0.1) is 5.92 Å². The van der Waals surface area contributed by atoms with E-state index in [0.29, 0.717) is 6.61 Å². The highest BCUT2D eigenvalue weighted by atomic mass is 16.5. The van der Waals surface area contributed by atoms with E-state index < -0.39 is 0 Å². The number of carbonyl (C=O) groups is 1. The SMILES string of the molecule is COCC(C)(C)NC(=O)C1CCNC1. The molecule has 1 aliphatic rings. The summed E-state index contributed by atoms with van der Waals surface area (Å²) >= 11 is 0. The summed E-state index contributed by atoms with van der Waals surface area (Å²) in [5.74, 6) is 0.267. The zero-order valence-corrected chi connectivity index (χ0v) is 9.22. The summed E-state index contributed by atoms with van der Waals surface area (Å²) in [4.78, 5) is 11.7. The Kier molecular flexibility index (Phi) is 3.89. The van der Waals surface area contributed by atoms with Gasteiger partial charge in [-0.25, -0.2) is 0 Å². The van der Waals surface area contributed by atoms with E-state index in [-0.39, 0.29) is 17.4 Å². The molecule has 0 spiro atoms. The maximum Gasteiger partial charge on any atom is 0.224 e. The highest BCUT2D eigenvalue weighted by Gasteiger charge is 2.27. The number of nitrogens with one attached hydrogen (secondary N) is 2. The molecule has 14 heavy (non-hydrogen) atoms. The van der Waals surface area contributed by atoms with Crippen LogP contribution in [0.2, 0.25) is 0 Å². The third kappa shape index (κ3) is 3.27. The third-order valence-electron chi connectivity index (χ3n) is 2.40. The molecule has 1 saturated heterocycles. The molecule has 1 atom stereocenters. The molecule has 0 radical (unpaired) electrons. The van der Waals surface area contributed by atoms with Crippen LogP contribution in [0.5, 0.6) is 0 Å². The molecule has 1 rings (SSSR count). The lowest BCUT2D eigenvalue weighted by Gasteiger charge is -2.26. The molecule has 1 amide bonds. The number of ether oxygens (including phenoxy) is 1. The molecular formula is C10H20N2O2. The van der Waals surface area contributed by atoms with Gasteiger partial charge in [0.2, 0.25) is 5.91 Å². The fraction of sp³-hybridized carbons (Fsp3) is 0.900. The van der Waals surface area contributed by atoms with Crippen LogP contribution in [-0.4, -0.2) is 38.3 Å². The highest BCUT2D eigenvalue weighted by molar-refractivity contribution is 5.79. The van der Waals surface area contributed by atoms with Crippen molar-refractivity contribution in [1.82, 2.24) is 10.6 Å². The molecule has 0 bridgehead atoms. The van der Waals surface area contributed by atoms with Crippen molar-refractivity contribution in [1.29, 1.82) is 0 Å². The van der Waals surface area contributed by atoms with Crippen molar-refractivity contribution in [3.8, 4) is 0 Å². The van der Waals surface area contributed by atoms with Gasteiger partial charge in [0.1, 0.15) is 0 Å². The first-order chi connectivity index (χ1) is 6.55. The van der Waals surface area contributed by atoms with E-state index >= 15 is 0 Å². The van der Waals surface area contributed by atoms with Crippen molar-refractivity contribution >= 4 is 5.91 Å². The Morgan fingerprint density at radius 1 is 1.64 bits per heavy atom. The lowest BCUT2D eigenvalue weighted by Crippen LogP contribution is -2.49. The highest BCUT2D eigenvalue weighted by Crippen LogP contribution is 2.10. The summed E-state index contributed by atoms with van der Waals surface area (Å²) in [6, 6.07) is 0. The lowest BCUT2D eigenvalue weighted by atomic mass is 10.0. The van der Waals surface area contributed by atoms with E-state index in [4.69, 9.17) is 4.74 Å². The molecular weight excluding hydrogens is 180 g/mol. The van der Waals surface area contributed by atoms with Crippen LogP contribution in [-0.2, 0) is 9.53 Å². The largest absolute Gasteiger partial charge is 0.382 e. The molecule has 1 unspecified atom stereocenters. The zero-order valence-electron chi connectivity index (χ0n) is 9.22. The Morgan fingerprint density at radius 3 is 2.86 bits per heavy atom. The van der Waals surface area contributed by atoms with Gasteiger partial charge < -0.3 is 15.4 Å². The second-order valence-corrected chi connectivity index (χ2v) is 4.50. The van der Waals surface area contributed by atoms with E-state index in [1.165, 1.54) is 0 Å². The summed E-state index contributed by atoms with van der Waals surface area (Å²) < 4.78 is 5.04. The maximum absolute atomic E-state index is 11.7. The minimum atomic E-state index is -0.269. The fourth-order valence-electron chi connectivity index (χ4n) is 1.71. The zero-order chi connectivity index (χ0) is 10.6. The van der Waals surface area contributed by atoms with Crippen LogP contribution < -0.4 is 10.6 Å². The minimum absolute atomic E-state index is 0.131. The number of rotatable bonds is 4. The van der Waals surface area contributed by atoms with Crippen molar-refractivity contribution in [3.05, 3.63) is 0 Å². The van der Waals surface area contributed by atoms with Gasteiger partial charge in [0.15, 0.2) is 0 Å². The average Bonchev–Trinajstić information content (AvgIpc) is 2.53. The van der Waals surface area contributed by atoms with Gasteiger partial charge >= 0.3 is 0 Å². The van der Waals surface area contributed by atoms with Crippen LogP contribution in [0.1, 0.15) is 20.3 Å². The molecule has 1 aliphatic heterocycles. The van der Waals surface area contributed by atoms with Crippen molar-refractivity contribution in [2.75, 3.05) is 26.8 Å². The normalized spacial score (nSPS) is 22.4. The molecule has 0 aliphatic carbocycles. The first kappa shape index (κ1) is 11.5. The van der Waals surface area contributed by atoms with E-state index in [1.54, 1.807) is 7.11 Å². The van der Waals surface area contributed by atoms with Crippen molar-refractivity contribution in [3.63, 3.8) is 0 Å². The summed E-state index contributed by atoms with van der Waals surface area (Å²) in [7, 11) is 1.64. The third-order valence-corrected chi connectivity index (χ3v) is 2.40. The predicted molar refractivity (Wildman–Crippen MR) is 55.1 cm³/mol. The summed E-state index contributed by atoms with van der Waals surface area (Å²) in [5.41, 5.74) is -0.269. The second-order valence-electron chi connectivity index (χ2n) is 4.50. The molecule has 0 aromatic carbocycles. The lowest BCUT2D eigenvalue weighted by molar-refractivity contribution is -0.126. The van der Waals surface area contributed by atoms with E-state index in [1.807, 2.05) is 13.8 Å². The Morgan fingerprint density at radius 2 is 2.36 bits per heavy atom. The Labute approximate surface area is 85.4 Å². The van der Waals surface area contributed by atoms with Crippen LogP contribution in [0.25, 0.3) is 0 Å². The second kappa shape index (κ2) is 4.75. The molecule has 4 nitrogen and oxygen atoms in total. The summed E-state index contributed by atoms with van der Waals surface area (Å²) in [6.45, 7) is 6.23. The minimum Gasteiger partial charge on any atom is -0.382 e. The monoisotopic (exact) mass is 200 g/mol.